The molecule has 1 atom stereocenters. The predicted octanol–water partition coefficient (Wildman–Crippen LogP) is 2.37. The van der Waals surface area contributed by atoms with Crippen LogP contribution in [0.15, 0.2) is 33.6 Å². The lowest BCUT2D eigenvalue weighted by Gasteiger charge is -2.15. The first kappa shape index (κ1) is 16.1. The first-order valence-electron chi connectivity index (χ1n) is 5.88. The van der Waals surface area contributed by atoms with Crippen molar-refractivity contribution in [2.75, 3.05) is 0 Å². The zero-order valence-corrected chi connectivity index (χ0v) is 12.9. The van der Waals surface area contributed by atoms with Gasteiger partial charge < -0.3 is 5.11 Å². The number of sulfonamides is 1. The molecule has 0 fully saturated rings. The van der Waals surface area contributed by atoms with E-state index in [1.165, 1.54) is 6.07 Å². The quantitative estimate of drug-likeness (QED) is 0.791. The van der Waals surface area contributed by atoms with Gasteiger partial charge in [0.25, 0.3) is 0 Å². The number of aliphatic carboxylic acids is 1. The average molecular weight is 350 g/mol. The fourth-order valence-electron chi connectivity index (χ4n) is 1.55. The maximum Gasteiger partial charge on any atom is 0.321 e. The second kappa shape index (κ2) is 7.02. The van der Waals surface area contributed by atoms with Crippen molar-refractivity contribution in [3.8, 4) is 0 Å². The van der Waals surface area contributed by atoms with Crippen molar-refractivity contribution >= 4 is 31.9 Å². The zero-order valence-electron chi connectivity index (χ0n) is 10.5. The third-order valence-corrected chi connectivity index (χ3v) is 5.05. The van der Waals surface area contributed by atoms with E-state index in [0.717, 1.165) is 6.42 Å². The molecule has 0 aliphatic heterocycles. The molecule has 7 heteroatoms. The summed E-state index contributed by atoms with van der Waals surface area (Å²) in [4.78, 5) is 11.1. The number of carboxylic acid groups (broad SMARTS) is 1. The molecule has 0 heterocycles. The van der Waals surface area contributed by atoms with Gasteiger partial charge in [-0.1, -0.05) is 31.9 Å². The van der Waals surface area contributed by atoms with Crippen LogP contribution in [0.4, 0.5) is 0 Å². The first-order valence-corrected chi connectivity index (χ1v) is 8.15. The lowest BCUT2D eigenvalue weighted by molar-refractivity contribution is -0.139. The highest BCUT2D eigenvalue weighted by Gasteiger charge is 2.25. The van der Waals surface area contributed by atoms with E-state index in [1.54, 1.807) is 18.2 Å². The van der Waals surface area contributed by atoms with Crippen molar-refractivity contribution in [2.24, 2.45) is 0 Å². The minimum absolute atomic E-state index is 0.0396. The van der Waals surface area contributed by atoms with Crippen molar-refractivity contribution in [1.29, 1.82) is 0 Å². The van der Waals surface area contributed by atoms with Gasteiger partial charge in [0.15, 0.2) is 0 Å². The summed E-state index contributed by atoms with van der Waals surface area (Å²) in [5, 5.41) is 9.04. The van der Waals surface area contributed by atoms with Crippen LogP contribution in [-0.4, -0.2) is 25.5 Å². The molecule has 0 saturated carbocycles. The summed E-state index contributed by atoms with van der Waals surface area (Å²) >= 11 is 3.15. The number of unbranched alkanes of at least 4 members (excludes halogenated alkanes) is 1. The van der Waals surface area contributed by atoms with Crippen LogP contribution in [0.2, 0.25) is 0 Å². The summed E-state index contributed by atoms with van der Waals surface area (Å²) in [5.41, 5.74) is 0. The number of hydrogen-bond donors (Lipinski definition) is 2. The monoisotopic (exact) mass is 349 g/mol. The van der Waals surface area contributed by atoms with E-state index in [2.05, 4.69) is 20.7 Å². The summed E-state index contributed by atoms with van der Waals surface area (Å²) in [6.07, 6.45) is 1.73. The maximum absolute atomic E-state index is 12.1. The van der Waals surface area contributed by atoms with Crippen molar-refractivity contribution in [3.05, 3.63) is 28.7 Å². The first-order chi connectivity index (χ1) is 8.88. The highest BCUT2D eigenvalue weighted by molar-refractivity contribution is 9.10. The fourth-order valence-corrected chi connectivity index (χ4v) is 3.78. The molecular weight excluding hydrogens is 334 g/mol. The molecule has 0 bridgehead atoms. The van der Waals surface area contributed by atoms with Crippen LogP contribution in [-0.2, 0) is 14.8 Å². The minimum Gasteiger partial charge on any atom is -0.480 e. The molecule has 0 radical (unpaired) electrons. The van der Waals surface area contributed by atoms with Crippen molar-refractivity contribution in [2.45, 2.75) is 37.1 Å². The molecule has 1 aromatic rings. The molecule has 0 unspecified atom stereocenters. The highest BCUT2D eigenvalue weighted by atomic mass is 79.9. The van der Waals surface area contributed by atoms with Gasteiger partial charge >= 0.3 is 5.97 Å². The topological polar surface area (TPSA) is 83.5 Å². The Morgan fingerprint density at radius 1 is 1.42 bits per heavy atom. The molecule has 106 valence electrons. The molecule has 0 amide bonds. The minimum atomic E-state index is -3.84. The number of carbonyl (C=O) groups is 1. The SMILES string of the molecule is CCCC[C@H](NS(=O)(=O)c1ccccc1Br)C(=O)O. The fraction of sp³-hybridized carbons (Fsp3) is 0.417. The molecule has 1 rings (SSSR count). The highest BCUT2D eigenvalue weighted by Crippen LogP contribution is 2.21. The lowest BCUT2D eigenvalue weighted by atomic mass is 10.1. The molecule has 2 N–H and O–H groups in total. The third-order valence-electron chi connectivity index (χ3n) is 2.57. The van der Waals surface area contributed by atoms with E-state index in [4.69, 9.17) is 5.11 Å². The van der Waals surface area contributed by atoms with Crippen LogP contribution in [0.5, 0.6) is 0 Å². The van der Waals surface area contributed by atoms with Crippen molar-refractivity contribution in [1.82, 2.24) is 4.72 Å². The molecule has 0 aliphatic rings. The molecule has 0 aromatic heterocycles. The largest absolute Gasteiger partial charge is 0.480 e. The van der Waals surface area contributed by atoms with Gasteiger partial charge in [0.05, 0.1) is 4.90 Å². The Balaban J connectivity index is 2.95. The Bertz CT molecular complexity index is 544. The third kappa shape index (κ3) is 4.59. The van der Waals surface area contributed by atoms with Gasteiger partial charge in [-0.2, -0.15) is 4.72 Å². The van der Waals surface area contributed by atoms with E-state index in [0.29, 0.717) is 10.9 Å². The normalized spacial score (nSPS) is 13.2. The Morgan fingerprint density at radius 3 is 2.58 bits per heavy atom. The number of hydrogen-bond acceptors (Lipinski definition) is 3. The number of rotatable bonds is 7. The lowest BCUT2D eigenvalue weighted by Crippen LogP contribution is -2.40. The van der Waals surface area contributed by atoms with E-state index in [1.807, 2.05) is 6.92 Å². The number of nitrogens with one attached hydrogen (secondary N) is 1. The predicted molar refractivity (Wildman–Crippen MR) is 75.4 cm³/mol. The summed E-state index contributed by atoms with van der Waals surface area (Å²) < 4.78 is 26.9. The Labute approximate surface area is 121 Å². The Hall–Kier alpha value is -0.920. The van der Waals surface area contributed by atoms with Crippen LogP contribution in [0.1, 0.15) is 26.2 Å². The Morgan fingerprint density at radius 2 is 2.05 bits per heavy atom. The van der Waals surface area contributed by atoms with Gasteiger partial charge in [-0.25, -0.2) is 8.42 Å². The van der Waals surface area contributed by atoms with Gasteiger partial charge in [0, 0.05) is 4.47 Å². The van der Waals surface area contributed by atoms with Gasteiger partial charge in [-0.3, -0.25) is 4.79 Å². The van der Waals surface area contributed by atoms with Crippen LogP contribution < -0.4 is 4.72 Å². The van der Waals surface area contributed by atoms with Crippen LogP contribution in [0.25, 0.3) is 0 Å². The molecule has 5 nitrogen and oxygen atoms in total. The molecule has 0 saturated heterocycles. The average Bonchev–Trinajstić information content (AvgIpc) is 2.34. The van der Waals surface area contributed by atoms with Crippen LogP contribution in [0, 0.1) is 0 Å². The molecule has 1 aromatic carbocycles. The number of carboxylic acids is 1. The Kier molecular flexibility index (Phi) is 5.96. The van der Waals surface area contributed by atoms with Gasteiger partial charge in [-0.05, 0) is 34.5 Å². The van der Waals surface area contributed by atoms with Crippen molar-refractivity contribution in [3.63, 3.8) is 0 Å². The van der Waals surface area contributed by atoms with E-state index in [-0.39, 0.29) is 11.3 Å². The van der Waals surface area contributed by atoms with Crippen LogP contribution >= 0.6 is 15.9 Å². The second-order valence-electron chi connectivity index (χ2n) is 4.08. The van der Waals surface area contributed by atoms with Gasteiger partial charge in [0.2, 0.25) is 10.0 Å². The molecular formula is C12H16BrNO4S. The standard InChI is InChI=1S/C12H16BrNO4S/c1-2-3-7-10(12(15)16)14-19(17,18)11-8-5-4-6-9(11)13/h4-6,8,10,14H,2-3,7H2,1H3,(H,15,16)/t10-/m0/s1. The zero-order chi connectivity index (χ0) is 14.5. The van der Waals surface area contributed by atoms with E-state index in [9.17, 15) is 13.2 Å². The smallest absolute Gasteiger partial charge is 0.321 e. The molecule has 0 aliphatic carbocycles. The van der Waals surface area contributed by atoms with Gasteiger partial charge in [-0.15, -0.1) is 0 Å². The van der Waals surface area contributed by atoms with E-state index >= 15 is 0 Å². The maximum atomic E-state index is 12.1. The summed E-state index contributed by atoms with van der Waals surface area (Å²) in [5.74, 6) is -1.16. The van der Waals surface area contributed by atoms with Crippen LogP contribution in [0.3, 0.4) is 0 Å². The summed E-state index contributed by atoms with van der Waals surface area (Å²) in [6, 6.07) is 5.19. The summed E-state index contributed by atoms with van der Waals surface area (Å²) in [6.45, 7) is 1.92. The van der Waals surface area contributed by atoms with Crippen molar-refractivity contribution < 1.29 is 18.3 Å². The number of halogens is 1. The van der Waals surface area contributed by atoms with E-state index < -0.39 is 22.0 Å². The second-order valence-corrected chi connectivity index (χ2v) is 6.62. The molecule has 19 heavy (non-hydrogen) atoms. The summed E-state index contributed by atoms with van der Waals surface area (Å²) in [7, 11) is -3.84. The van der Waals surface area contributed by atoms with Gasteiger partial charge in [0.1, 0.15) is 6.04 Å². The molecule has 0 spiro atoms. The number of benzene rings is 1.